The van der Waals surface area contributed by atoms with Gasteiger partial charge in [0.05, 0.1) is 11.1 Å². The largest absolute Gasteiger partial charge is 0.351 e. The molecule has 0 aliphatic heterocycles. The van der Waals surface area contributed by atoms with E-state index in [1.807, 2.05) is 26.0 Å². The van der Waals surface area contributed by atoms with Crippen molar-refractivity contribution in [2.75, 3.05) is 20.6 Å². The van der Waals surface area contributed by atoms with Crippen molar-refractivity contribution >= 4 is 36.2 Å². The normalized spacial score (nSPS) is 24.1. The van der Waals surface area contributed by atoms with Gasteiger partial charge >= 0.3 is 6.03 Å². The fourth-order valence-corrected chi connectivity index (χ4v) is 4.98. The van der Waals surface area contributed by atoms with E-state index in [0.29, 0.717) is 5.56 Å². The van der Waals surface area contributed by atoms with Crippen LogP contribution in [0.4, 0.5) is 4.79 Å². The van der Waals surface area contributed by atoms with Crippen molar-refractivity contribution in [1.82, 2.24) is 14.8 Å². The zero-order chi connectivity index (χ0) is 19.2. The molecule has 0 atom stereocenters. The molecule has 3 fully saturated rings. The van der Waals surface area contributed by atoms with Crippen molar-refractivity contribution < 1.29 is 9.59 Å². The van der Waals surface area contributed by atoms with E-state index in [1.165, 1.54) is 43.4 Å². The molecule has 2 aromatic rings. The highest BCUT2D eigenvalue weighted by molar-refractivity contribution is 6.40. The summed E-state index contributed by atoms with van der Waals surface area (Å²) in [4.78, 5) is 27.2. The molecule has 5 nitrogen and oxygen atoms in total. The molecule has 2 bridgehead atoms. The number of benzene rings is 1. The van der Waals surface area contributed by atoms with Crippen LogP contribution in [0.25, 0.3) is 10.9 Å². The molecule has 3 saturated carbocycles. The number of nitrogens with zero attached hydrogens (tertiary/aromatic N) is 2. The van der Waals surface area contributed by atoms with E-state index < -0.39 is 0 Å². The number of fused-ring (bicyclic) bond motifs is 4. The van der Waals surface area contributed by atoms with Crippen LogP contribution in [0.15, 0.2) is 24.4 Å². The van der Waals surface area contributed by atoms with Crippen LogP contribution in [-0.2, 0) is 0 Å². The number of hydrogen-bond donors (Lipinski definition) is 1. The monoisotopic (exact) mass is 365 g/mol. The first-order chi connectivity index (χ1) is 12.9. The topological polar surface area (TPSA) is 54.3 Å². The average Bonchev–Trinajstić information content (AvgIpc) is 3.08. The van der Waals surface area contributed by atoms with E-state index in [-0.39, 0.29) is 17.4 Å². The third kappa shape index (κ3) is 3.15. The minimum atomic E-state index is -0.145. The summed E-state index contributed by atoms with van der Waals surface area (Å²) in [6.07, 6.45) is 9.33. The maximum absolute atomic E-state index is 13.1. The minimum absolute atomic E-state index is 0.0679. The molecular formula is C21H28BN3O2. The molecule has 2 amide bonds. The number of carbonyl (C=O) groups is 2. The Bertz CT molecular complexity index is 880. The summed E-state index contributed by atoms with van der Waals surface area (Å²) in [5, 5.41) is 4.08. The molecule has 142 valence electrons. The lowest BCUT2D eigenvalue weighted by molar-refractivity contribution is 0.0598. The zero-order valence-corrected chi connectivity index (χ0v) is 16.5. The molecule has 0 radical (unpaired) electrons. The van der Waals surface area contributed by atoms with Crippen LogP contribution in [0.1, 0.15) is 48.9 Å². The molecule has 1 N–H and O–H groups in total. The van der Waals surface area contributed by atoms with Crippen molar-refractivity contribution in [3.05, 3.63) is 30.0 Å². The zero-order valence-electron chi connectivity index (χ0n) is 16.5. The maximum atomic E-state index is 13.1. The lowest BCUT2D eigenvalue weighted by Gasteiger charge is -2.46. The molecule has 0 unspecified atom stereocenters. The summed E-state index contributed by atoms with van der Waals surface area (Å²) < 4.78 is 1.58. The second-order valence-corrected chi connectivity index (χ2v) is 8.72. The highest BCUT2D eigenvalue weighted by Gasteiger charge is 2.40. The SMILES string of the molecule is Bc1cccc2c1c(C(=O)NCC13CCC(CC1)CC3)cn2C(=O)N(C)C. The Balaban J connectivity index is 1.62. The van der Waals surface area contributed by atoms with Gasteiger partial charge in [0.2, 0.25) is 0 Å². The molecule has 3 aliphatic rings. The predicted molar refractivity (Wildman–Crippen MR) is 111 cm³/mol. The highest BCUT2D eigenvalue weighted by atomic mass is 16.2. The van der Waals surface area contributed by atoms with E-state index >= 15 is 0 Å². The van der Waals surface area contributed by atoms with Crippen LogP contribution in [0.3, 0.4) is 0 Å². The quantitative estimate of drug-likeness (QED) is 0.848. The third-order valence-corrected chi connectivity index (χ3v) is 6.74. The average molecular weight is 365 g/mol. The van der Waals surface area contributed by atoms with Crippen LogP contribution in [0.5, 0.6) is 0 Å². The van der Waals surface area contributed by atoms with E-state index in [1.54, 1.807) is 24.9 Å². The Morgan fingerprint density at radius 2 is 1.89 bits per heavy atom. The molecule has 1 heterocycles. The molecule has 3 aliphatic carbocycles. The van der Waals surface area contributed by atoms with Crippen molar-refractivity contribution in [1.29, 1.82) is 0 Å². The lowest BCUT2D eigenvalue weighted by atomic mass is 9.61. The van der Waals surface area contributed by atoms with Gasteiger partial charge < -0.3 is 10.2 Å². The van der Waals surface area contributed by atoms with Gasteiger partial charge in [-0.2, -0.15) is 0 Å². The molecule has 27 heavy (non-hydrogen) atoms. The maximum Gasteiger partial charge on any atom is 0.328 e. The van der Waals surface area contributed by atoms with Gasteiger partial charge in [-0.25, -0.2) is 4.79 Å². The summed E-state index contributed by atoms with van der Waals surface area (Å²) in [6.45, 7) is 0.749. The Hall–Kier alpha value is -2.24. The van der Waals surface area contributed by atoms with Crippen LogP contribution >= 0.6 is 0 Å². The minimum Gasteiger partial charge on any atom is -0.351 e. The summed E-state index contributed by atoms with van der Waals surface area (Å²) in [5.41, 5.74) is 2.69. The fourth-order valence-electron chi connectivity index (χ4n) is 4.98. The molecule has 0 spiro atoms. The van der Waals surface area contributed by atoms with E-state index in [2.05, 4.69) is 5.32 Å². The van der Waals surface area contributed by atoms with Crippen molar-refractivity contribution in [2.45, 2.75) is 38.5 Å². The first kappa shape index (κ1) is 18.1. The van der Waals surface area contributed by atoms with Crippen LogP contribution in [-0.4, -0.2) is 49.9 Å². The molecular weight excluding hydrogens is 337 g/mol. The van der Waals surface area contributed by atoms with Crippen LogP contribution < -0.4 is 10.8 Å². The van der Waals surface area contributed by atoms with E-state index in [9.17, 15) is 9.59 Å². The molecule has 1 aromatic heterocycles. The van der Waals surface area contributed by atoms with E-state index in [0.717, 1.165) is 28.8 Å². The number of nitrogens with one attached hydrogen (secondary N) is 1. The smallest absolute Gasteiger partial charge is 0.328 e. The second-order valence-electron chi connectivity index (χ2n) is 8.72. The van der Waals surface area contributed by atoms with Gasteiger partial charge in [0, 0.05) is 32.2 Å². The Kier molecular flexibility index (Phi) is 4.53. The Morgan fingerprint density at radius 1 is 1.22 bits per heavy atom. The number of rotatable bonds is 3. The van der Waals surface area contributed by atoms with Crippen molar-refractivity contribution in [3.8, 4) is 0 Å². The fraction of sp³-hybridized carbons (Fsp3) is 0.524. The second kappa shape index (κ2) is 6.73. The number of amides is 2. The summed E-state index contributed by atoms with van der Waals surface area (Å²) in [5.74, 6) is 0.849. The summed E-state index contributed by atoms with van der Waals surface area (Å²) >= 11 is 0. The van der Waals surface area contributed by atoms with Gasteiger partial charge in [-0.15, -0.1) is 0 Å². The highest BCUT2D eigenvalue weighted by Crippen LogP contribution is 2.49. The summed E-state index contributed by atoms with van der Waals surface area (Å²) in [6, 6.07) is 5.68. The Labute approximate surface area is 161 Å². The molecule has 6 heteroatoms. The predicted octanol–water partition coefficient (Wildman–Crippen LogP) is 2.13. The number of aromatic nitrogens is 1. The first-order valence-corrected chi connectivity index (χ1v) is 10.0. The van der Waals surface area contributed by atoms with Crippen LogP contribution in [0, 0.1) is 11.3 Å². The van der Waals surface area contributed by atoms with E-state index in [4.69, 9.17) is 0 Å². The van der Waals surface area contributed by atoms with Gasteiger partial charge in [-0.3, -0.25) is 9.36 Å². The molecule has 5 rings (SSSR count). The Morgan fingerprint density at radius 3 is 2.52 bits per heavy atom. The van der Waals surface area contributed by atoms with Crippen LogP contribution in [0.2, 0.25) is 0 Å². The van der Waals surface area contributed by atoms with Gasteiger partial charge in [-0.1, -0.05) is 17.6 Å². The van der Waals surface area contributed by atoms with Gasteiger partial charge in [0.25, 0.3) is 5.91 Å². The first-order valence-electron chi connectivity index (χ1n) is 10.0. The van der Waals surface area contributed by atoms with Gasteiger partial charge in [-0.05, 0) is 55.9 Å². The third-order valence-electron chi connectivity index (χ3n) is 6.74. The van der Waals surface area contributed by atoms with Gasteiger partial charge in [0.15, 0.2) is 0 Å². The number of carbonyl (C=O) groups excluding carboxylic acids is 2. The number of hydrogen-bond acceptors (Lipinski definition) is 2. The molecule has 0 saturated heterocycles. The summed E-state index contributed by atoms with van der Waals surface area (Å²) in [7, 11) is 5.44. The lowest BCUT2D eigenvalue weighted by Crippen LogP contribution is -2.43. The molecule has 1 aromatic carbocycles. The van der Waals surface area contributed by atoms with Crippen molar-refractivity contribution in [3.63, 3.8) is 0 Å². The standard InChI is InChI=1S/C21H28BN3O2/c1-24(2)20(27)25-12-15(18-16(22)4-3-5-17(18)25)19(26)23-13-21-9-6-14(7-10-21)8-11-21/h3-5,12,14H,6-11,13,22H2,1-2H3,(H,23,26). The van der Waals surface area contributed by atoms with Gasteiger partial charge in [0.1, 0.15) is 7.85 Å². The van der Waals surface area contributed by atoms with Crippen molar-refractivity contribution in [2.24, 2.45) is 11.3 Å².